The first-order valence-electron chi connectivity index (χ1n) is 6.02. The van der Waals surface area contributed by atoms with Gasteiger partial charge in [0.05, 0.1) is 18.2 Å². The van der Waals surface area contributed by atoms with Crippen molar-refractivity contribution in [2.75, 3.05) is 11.9 Å². The number of nitrogens with zero attached hydrogens (tertiary/aromatic N) is 1. The number of anilines is 2. The van der Waals surface area contributed by atoms with E-state index in [1.807, 2.05) is 6.07 Å². The first-order valence-corrected chi connectivity index (χ1v) is 6.81. The van der Waals surface area contributed by atoms with Crippen LogP contribution >= 0.6 is 15.9 Å². The molecule has 0 atom stereocenters. The van der Waals surface area contributed by atoms with Crippen LogP contribution in [0.4, 0.5) is 15.8 Å². The summed E-state index contributed by atoms with van der Waals surface area (Å²) in [6.07, 6.45) is 0. The van der Waals surface area contributed by atoms with Crippen molar-refractivity contribution in [3.05, 3.63) is 52.3 Å². The van der Waals surface area contributed by atoms with Gasteiger partial charge in [-0.15, -0.1) is 0 Å². The summed E-state index contributed by atoms with van der Waals surface area (Å²) in [6, 6.07) is 11.9. The Kier molecular flexibility index (Phi) is 4.59. The van der Waals surface area contributed by atoms with Gasteiger partial charge in [0.15, 0.2) is 11.6 Å². The van der Waals surface area contributed by atoms with Crippen molar-refractivity contribution in [2.45, 2.75) is 6.92 Å². The lowest BCUT2D eigenvalue weighted by Gasteiger charge is -2.10. The molecule has 2 aromatic rings. The predicted molar refractivity (Wildman–Crippen MR) is 79.7 cm³/mol. The number of halogens is 2. The smallest absolute Gasteiger partial charge is 0.167 e. The minimum Gasteiger partial charge on any atom is -0.491 e. The zero-order chi connectivity index (χ0) is 14.5. The van der Waals surface area contributed by atoms with Crippen molar-refractivity contribution < 1.29 is 9.13 Å². The molecule has 102 valence electrons. The molecule has 0 radical (unpaired) electrons. The van der Waals surface area contributed by atoms with E-state index < -0.39 is 5.82 Å². The highest BCUT2D eigenvalue weighted by atomic mass is 79.9. The van der Waals surface area contributed by atoms with Gasteiger partial charge in [-0.25, -0.2) is 4.39 Å². The van der Waals surface area contributed by atoms with Gasteiger partial charge in [0.1, 0.15) is 0 Å². The molecule has 0 unspecified atom stereocenters. The predicted octanol–water partition coefficient (Wildman–Crippen LogP) is 4.60. The van der Waals surface area contributed by atoms with Gasteiger partial charge < -0.3 is 10.1 Å². The van der Waals surface area contributed by atoms with Crippen LogP contribution in [0.3, 0.4) is 0 Å². The molecule has 0 spiro atoms. The summed E-state index contributed by atoms with van der Waals surface area (Å²) >= 11 is 3.33. The third-order valence-electron chi connectivity index (χ3n) is 2.55. The summed E-state index contributed by atoms with van der Waals surface area (Å²) in [7, 11) is 0. The molecule has 0 aliphatic carbocycles. The van der Waals surface area contributed by atoms with Gasteiger partial charge in [-0.1, -0.05) is 15.9 Å². The summed E-state index contributed by atoms with van der Waals surface area (Å²) in [5.41, 5.74) is 1.82. The second-order valence-electron chi connectivity index (χ2n) is 4.04. The molecule has 2 rings (SSSR count). The maximum absolute atomic E-state index is 13.7. The minimum atomic E-state index is -0.424. The minimum absolute atomic E-state index is 0.227. The number of hydrogen-bond acceptors (Lipinski definition) is 3. The maximum atomic E-state index is 13.7. The van der Waals surface area contributed by atoms with E-state index >= 15 is 0 Å². The highest BCUT2D eigenvalue weighted by Crippen LogP contribution is 2.26. The third kappa shape index (κ3) is 3.49. The van der Waals surface area contributed by atoms with E-state index in [-0.39, 0.29) is 5.75 Å². The van der Waals surface area contributed by atoms with Crippen molar-refractivity contribution in [1.29, 1.82) is 5.26 Å². The molecule has 0 aliphatic heterocycles. The SMILES string of the molecule is CCOc1ccc(Nc2cc(Br)cc(C#N)c2)cc1F. The van der Waals surface area contributed by atoms with Crippen LogP contribution < -0.4 is 10.1 Å². The van der Waals surface area contributed by atoms with Crippen LogP contribution in [0.1, 0.15) is 12.5 Å². The fourth-order valence-electron chi connectivity index (χ4n) is 1.74. The normalized spacial score (nSPS) is 9.90. The maximum Gasteiger partial charge on any atom is 0.167 e. The van der Waals surface area contributed by atoms with Crippen LogP contribution in [0.5, 0.6) is 5.75 Å². The molecule has 0 saturated carbocycles. The average Bonchev–Trinajstić information content (AvgIpc) is 2.41. The number of benzene rings is 2. The number of ether oxygens (including phenoxy) is 1. The van der Waals surface area contributed by atoms with E-state index in [1.54, 1.807) is 31.2 Å². The Morgan fingerprint density at radius 3 is 2.70 bits per heavy atom. The summed E-state index contributed by atoms with van der Waals surface area (Å²) in [6.45, 7) is 2.22. The Bertz CT molecular complexity index is 667. The average molecular weight is 335 g/mol. The van der Waals surface area contributed by atoms with Crippen LogP contribution in [0.15, 0.2) is 40.9 Å². The second kappa shape index (κ2) is 6.40. The van der Waals surface area contributed by atoms with Gasteiger partial charge in [-0.05, 0) is 37.3 Å². The van der Waals surface area contributed by atoms with Gasteiger partial charge in [-0.3, -0.25) is 0 Å². The molecule has 2 aromatic carbocycles. The molecule has 0 saturated heterocycles. The quantitative estimate of drug-likeness (QED) is 0.888. The molecule has 0 aromatic heterocycles. The van der Waals surface area contributed by atoms with Gasteiger partial charge in [0.25, 0.3) is 0 Å². The molecule has 0 amide bonds. The van der Waals surface area contributed by atoms with Gasteiger partial charge in [0.2, 0.25) is 0 Å². The molecular weight excluding hydrogens is 323 g/mol. The van der Waals surface area contributed by atoms with E-state index in [1.165, 1.54) is 6.07 Å². The largest absolute Gasteiger partial charge is 0.491 e. The monoisotopic (exact) mass is 334 g/mol. The van der Waals surface area contributed by atoms with Crippen molar-refractivity contribution in [2.24, 2.45) is 0 Å². The lowest BCUT2D eigenvalue weighted by atomic mass is 10.2. The molecule has 20 heavy (non-hydrogen) atoms. The Balaban J connectivity index is 2.24. The van der Waals surface area contributed by atoms with Crippen molar-refractivity contribution in [3.8, 4) is 11.8 Å². The first-order chi connectivity index (χ1) is 9.62. The van der Waals surface area contributed by atoms with E-state index in [0.717, 1.165) is 4.47 Å². The first kappa shape index (κ1) is 14.4. The topological polar surface area (TPSA) is 45.0 Å². The molecule has 3 nitrogen and oxygen atoms in total. The lowest BCUT2D eigenvalue weighted by molar-refractivity contribution is 0.321. The standard InChI is InChI=1S/C15H12BrFN2O/c1-2-20-15-4-3-12(8-14(15)17)19-13-6-10(9-18)5-11(16)7-13/h3-8,19H,2H2,1H3. The highest BCUT2D eigenvalue weighted by Gasteiger charge is 2.05. The fraction of sp³-hybridized carbons (Fsp3) is 0.133. The summed E-state index contributed by atoms with van der Waals surface area (Å²) < 4.78 is 19.7. The fourth-order valence-corrected chi connectivity index (χ4v) is 2.24. The zero-order valence-electron chi connectivity index (χ0n) is 10.8. The Morgan fingerprint density at radius 2 is 2.05 bits per heavy atom. The molecule has 0 heterocycles. The van der Waals surface area contributed by atoms with Gasteiger partial charge in [0, 0.05) is 21.9 Å². The molecule has 0 aliphatic rings. The van der Waals surface area contributed by atoms with E-state index in [2.05, 4.69) is 27.3 Å². The number of nitriles is 1. The van der Waals surface area contributed by atoms with E-state index in [4.69, 9.17) is 10.00 Å². The molecule has 1 N–H and O–H groups in total. The van der Waals surface area contributed by atoms with Crippen LogP contribution in [-0.4, -0.2) is 6.61 Å². The summed E-state index contributed by atoms with van der Waals surface area (Å²) in [4.78, 5) is 0. The van der Waals surface area contributed by atoms with Crippen LogP contribution in [-0.2, 0) is 0 Å². The number of hydrogen-bond donors (Lipinski definition) is 1. The molecule has 0 fully saturated rings. The number of rotatable bonds is 4. The van der Waals surface area contributed by atoms with Crippen LogP contribution in [0, 0.1) is 17.1 Å². The molecule has 5 heteroatoms. The molecule has 0 bridgehead atoms. The summed E-state index contributed by atoms with van der Waals surface area (Å²) in [5, 5.41) is 12.0. The second-order valence-corrected chi connectivity index (χ2v) is 4.96. The van der Waals surface area contributed by atoms with Crippen molar-refractivity contribution in [1.82, 2.24) is 0 Å². The van der Waals surface area contributed by atoms with Crippen molar-refractivity contribution in [3.63, 3.8) is 0 Å². The van der Waals surface area contributed by atoms with E-state index in [9.17, 15) is 4.39 Å². The highest BCUT2D eigenvalue weighted by molar-refractivity contribution is 9.10. The Hall–Kier alpha value is -2.06. The Morgan fingerprint density at radius 1 is 1.25 bits per heavy atom. The van der Waals surface area contributed by atoms with Crippen molar-refractivity contribution >= 4 is 27.3 Å². The zero-order valence-corrected chi connectivity index (χ0v) is 12.4. The molecular formula is C15H12BrFN2O. The number of nitrogens with one attached hydrogen (secondary N) is 1. The van der Waals surface area contributed by atoms with Crippen LogP contribution in [0.25, 0.3) is 0 Å². The van der Waals surface area contributed by atoms with Gasteiger partial charge in [-0.2, -0.15) is 5.26 Å². The third-order valence-corrected chi connectivity index (χ3v) is 3.01. The summed E-state index contributed by atoms with van der Waals surface area (Å²) in [5.74, 6) is -0.197. The Labute approximate surface area is 125 Å². The van der Waals surface area contributed by atoms with Gasteiger partial charge >= 0.3 is 0 Å². The van der Waals surface area contributed by atoms with E-state index in [0.29, 0.717) is 23.5 Å². The lowest BCUT2D eigenvalue weighted by Crippen LogP contribution is -1.96. The van der Waals surface area contributed by atoms with Crippen LogP contribution in [0.2, 0.25) is 0 Å².